The number of piperazine rings is 1. The molecule has 0 aromatic heterocycles. The summed E-state index contributed by atoms with van der Waals surface area (Å²) < 4.78 is 36.3. The van der Waals surface area contributed by atoms with Crippen molar-refractivity contribution in [2.24, 2.45) is 10.7 Å². The van der Waals surface area contributed by atoms with Gasteiger partial charge in [-0.3, -0.25) is 0 Å². The normalized spacial score (nSPS) is 15.2. The van der Waals surface area contributed by atoms with Crippen molar-refractivity contribution in [1.29, 1.82) is 0 Å². The predicted octanol–water partition coefficient (Wildman–Crippen LogP) is 2.63. The van der Waals surface area contributed by atoms with E-state index in [1.165, 1.54) is 18.4 Å². The van der Waals surface area contributed by atoms with Gasteiger partial charge in [0.15, 0.2) is 15.8 Å². The Morgan fingerprint density at radius 2 is 1.62 bits per heavy atom. The molecular weight excluding hydrogens is 506 g/mol. The summed E-state index contributed by atoms with van der Waals surface area (Å²) in [5.41, 5.74) is 8.77. The third-order valence-electron chi connectivity index (χ3n) is 4.74. The van der Waals surface area contributed by atoms with Gasteiger partial charge in [0.2, 0.25) is 0 Å². The molecule has 9 heteroatoms. The van der Waals surface area contributed by atoms with Crippen molar-refractivity contribution in [3.63, 3.8) is 0 Å². The molecule has 2 aromatic rings. The van der Waals surface area contributed by atoms with Crippen LogP contribution < -0.4 is 10.6 Å². The highest BCUT2D eigenvalue weighted by Gasteiger charge is 2.18. The molecule has 0 radical (unpaired) electrons. The lowest BCUT2D eigenvalue weighted by Crippen LogP contribution is -2.51. The van der Waals surface area contributed by atoms with E-state index in [1.54, 1.807) is 12.1 Å². The number of hydrogen-bond donors (Lipinski definition) is 1. The molecule has 29 heavy (non-hydrogen) atoms. The number of benzene rings is 2. The van der Waals surface area contributed by atoms with Gasteiger partial charge in [0.1, 0.15) is 5.82 Å². The van der Waals surface area contributed by atoms with Crippen LogP contribution in [0.5, 0.6) is 0 Å². The first-order valence-corrected chi connectivity index (χ1v) is 11.2. The summed E-state index contributed by atoms with van der Waals surface area (Å²) >= 11 is 0. The first-order valence-electron chi connectivity index (χ1n) is 9.12. The third-order valence-corrected chi connectivity index (χ3v) is 5.58. The number of nitrogens with two attached hydrogens (primary N) is 1. The van der Waals surface area contributed by atoms with Crippen LogP contribution in [0.4, 0.5) is 10.1 Å². The maximum absolute atomic E-state index is 13.1. The number of rotatable bonds is 5. The van der Waals surface area contributed by atoms with E-state index >= 15 is 0 Å². The smallest absolute Gasteiger partial charge is 0.191 e. The van der Waals surface area contributed by atoms with Crippen molar-refractivity contribution in [3.8, 4) is 0 Å². The second-order valence-electron chi connectivity index (χ2n) is 6.96. The van der Waals surface area contributed by atoms with Crippen LogP contribution in [0.15, 0.2) is 53.5 Å². The van der Waals surface area contributed by atoms with E-state index in [-0.39, 0.29) is 35.5 Å². The average molecular weight is 532 g/mol. The fourth-order valence-electron chi connectivity index (χ4n) is 3.25. The average Bonchev–Trinajstić information content (AvgIpc) is 2.67. The van der Waals surface area contributed by atoms with Gasteiger partial charge in [0.05, 0.1) is 12.3 Å². The number of hydrogen-bond acceptors (Lipinski definition) is 4. The molecule has 6 nitrogen and oxygen atoms in total. The maximum atomic E-state index is 13.1. The van der Waals surface area contributed by atoms with Crippen molar-refractivity contribution in [3.05, 3.63) is 65.5 Å². The lowest BCUT2D eigenvalue weighted by Gasteiger charge is -2.36. The summed E-state index contributed by atoms with van der Waals surface area (Å²) in [5, 5.41) is 0. The van der Waals surface area contributed by atoms with Crippen LogP contribution in [0.25, 0.3) is 0 Å². The highest BCUT2D eigenvalue weighted by atomic mass is 127. The molecule has 2 N–H and O–H groups in total. The number of aliphatic imine (C=N–C) groups is 1. The first kappa shape index (κ1) is 23.4. The van der Waals surface area contributed by atoms with E-state index in [0.29, 0.717) is 12.5 Å². The van der Waals surface area contributed by atoms with Crippen molar-refractivity contribution >= 4 is 45.5 Å². The first-order chi connectivity index (χ1) is 13.3. The van der Waals surface area contributed by atoms with E-state index in [0.717, 1.165) is 43.0 Å². The molecular formula is C20H26FIN4O2S. The maximum Gasteiger partial charge on any atom is 0.191 e. The van der Waals surface area contributed by atoms with Crippen molar-refractivity contribution in [2.45, 2.75) is 12.3 Å². The zero-order chi connectivity index (χ0) is 20.1. The van der Waals surface area contributed by atoms with Gasteiger partial charge in [-0.2, -0.15) is 0 Å². The van der Waals surface area contributed by atoms with Gasteiger partial charge in [-0.1, -0.05) is 24.3 Å². The molecule has 158 valence electrons. The van der Waals surface area contributed by atoms with Gasteiger partial charge in [0, 0.05) is 38.1 Å². The zero-order valence-electron chi connectivity index (χ0n) is 16.3. The summed E-state index contributed by atoms with van der Waals surface area (Å²) in [6.07, 6.45) is 1.22. The largest absolute Gasteiger partial charge is 0.370 e. The molecule has 0 aliphatic carbocycles. The lowest BCUT2D eigenvalue weighted by molar-refractivity contribution is 0.380. The van der Waals surface area contributed by atoms with E-state index in [4.69, 9.17) is 5.73 Å². The van der Waals surface area contributed by atoms with Crippen molar-refractivity contribution < 1.29 is 12.8 Å². The monoisotopic (exact) mass is 532 g/mol. The molecule has 3 rings (SSSR count). The van der Waals surface area contributed by atoms with Gasteiger partial charge in [0.25, 0.3) is 0 Å². The van der Waals surface area contributed by atoms with E-state index in [1.807, 2.05) is 29.2 Å². The van der Waals surface area contributed by atoms with Crippen LogP contribution in [0.1, 0.15) is 11.1 Å². The number of guanidine groups is 1. The summed E-state index contributed by atoms with van der Waals surface area (Å²) in [6, 6.07) is 13.9. The zero-order valence-corrected chi connectivity index (χ0v) is 19.4. The molecule has 1 heterocycles. The molecule has 1 aliphatic heterocycles. The summed E-state index contributed by atoms with van der Waals surface area (Å²) in [6.45, 7) is 3.32. The number of halogens is 2. The van der Waals surface area contributed by atoms with Crippen LogP contribution in [-0.2, 0) is 22.1 Å². The highest BCUT2D eigenvalue weighted by molar-refractivity contribution is 14.0. The van der Waals surface area contributed by atoms with Gasteiger partial charge in [-0.15, -0.1) is 24.0 Å². The Labute approximate surface area is 188 Å². The number of nitrogens with zero attached hydrogens (tertiary/aromatic N) is 3. The van der Waals surface area contributed by atoms with Gasteiger partial charge in [-0.05, 0) is 35.4 Å². The van der Waals surface area contributed by atoms with Crippen molar-refractivity contribution in [2.75, 3.05) is 37.3 Å². The molecule has 1 saturated heterocycles. The quantitative estimate of drug-likeness (QED) is 0.364. The van der Waals surface area contributed by atoms with Crippen LogP contribution >= 0.6 is 24.0 Å². The molecule has 0 saturated carbocycles. The predicted molar refractivity (Wildman–Crippen MR) is 126 cm³/mol. The molecule has 1 fully saturated rings. The lowest BCUT2D eigenvalue weighted by atomic mass is 10.1. The summed E-state index contributed by atoms with van der Waals surface area (Å²) in [4.78, 5) is 8.67. The minimum Gasteiger partial charge on any atom is -0.370 e. The van der Waals surface area contributed by atoms with E-state index in [2.05, 4.69) is 9.89 Å². The SMILES string of the molecule is CS(=O)(=O)Cc1ccccc1CN=C(N)N1CCN(c2ccc(F)cc2)CC1.I. The van der Waals surface area contributed by atoms with Gasteiger partial charge >= 0.3 is 0 Å². The Hall–Kier alpha value is -1.88. The van der Waals surface area contributed by atoms with E-state index in [9.17, 15) is 12.8 Å². The fourth-order valence-corrected chi connectivity index (χ4v) is 4.09. The van der Waals surface area contributed by atoms with Crippen LogP contribution in [-0.4, -0.2) is 51.7 Å². The second-order valence-corrected chi connectivity index (χ2v) is 9.10. The molecule has 1 aliphatic rings. The van der Waals surface area contributed by atoms with Crippen LogP contribution in [0.3, 0.4) is 0 Å². The van der Waals surface area contributed by atoms with Crippen molar-refractivity contribution in [1.82, 2.24) is 4.90 Å². The van der Waals surface area contributed by atoms with E-state index < -0.39 is 9.84 Å². The standard InChI is InChI=1S/C20H25FN4O2S.HI/c1-28(26,27)15-17-5-3-2-4-16(17)14-23-20(22)25-12-10-24(11-13-25)19-8-6-18(21)7-9-19;/h2-9H,10-15H2,1H3,(H2,22,23);1H. The Balaban J connectivity index is 0.00000300. The molecule has 0 unspecified atom stereocenters. The Morgan fingerprint density at radius 3 is 2.21 bits per heavy atom. The third kappa shape index (κ3) is 6.84. The van der Waals surface area contributed by atoms with Crippen LogP contribution in [0.2, 0.25) is 0 Å². The summed E-state index contributed by atoms with van der Waals surface area (Å²) in [5.74, 6) is 0.206. The minimum absolute atomic E-state index is 0. The number of sulfone groups is 1. The minimum atomic E-state index is -3.11. The number of anilines is 1. The topological polar surface area (TPSA) is 79.0 Å². The molecule has 2 aromatic carbocycles. The summed E-state index contributed by atoms with van der Waals surface area (Å²) in [7, 11) is -3.11. The van der Waals surface area contributed by atoms with Gasteiger partial charge in [-0.25, -0.2) is 17.8 Å². The highest BCUT2D eigenvalue weighted by Crippen LogP contribution is 2.17. The Morgan fingerprint density at radius 1 is 1.03 bits per heavy atom. The second kappa shape index (κ2) is 10.2. The van der Waals surface area contributed by atoms with Crippen LogP contribution in [0, 0.1) is 5.82 Å². The van der Waals surface area contributed by atoms with Gasteiger partial charge < -0.3 is 15.5 Å². The molecule has 0 bridgehead atoms. The fraction of sp³-hybridized carbons (Fsp3) is 0.350. The Kier molecular flexibility index (Phi) is 8.26. The molecule has 0 atom stereocenters. The molecule has 0 spiro atoms. The Bertz CT molecular complexity index is 943. The molecule has 0 amide bonds.